The molecule has 0 radical (unpaired) electrons. The Hall–Kier alpha value is -2.71. The van der Waals surface area contributed by atoms with Crippen LogP contribution in [0, 0.1) is 0 Å². The Bertz CT molecular complexity index is 649. The number of nitrogens with one attached hydrogen (secondary N) is 1. The van der Waals surface area contributed by atoms with Crippen molar-refractivity contribution >= 4 is 11.8 Å². The van der Waals surface area contributed by atoms with E-state index >= 15 is 0 Å². The summed E-state index contributed by atoms with van der Waals surface area (Å²) in [5, 5.41) is 6.99. The van der Waals surface area contributed by atoms with Crippen LogP contribution in [0.4, 0.5) is 10.6 Å². The van der Waals surface area contributed by atoms with Crippen molar-refractivity contribution in [2.75, 3.05) is 31.1 Å². The molecule has 0 atom stereocenters. The van der Waals surface area contributed by atoms with Gasteiger partial charge in [-0.25, -0.2) is 24.4 Å². The number of carbonyl (C=O) groups is 1. The third-order valence-corrected chi connectivity index (χ3v) is 3.59. The molecule has 1 N–H and O–H groups in total. The number of hydrogen-bond donors (Lipinski definition) is 1. The normalized spacial score (nSPS) is 15.1. The van der Waals surface area contributed by atoms with E-state index < -0.39 is 0 Å². The first-order chi connectivity index (χ1) is 11.1. The van der Waals surface area contributed by atoms with Crippen molar-refractivity contribution in [1.29, 1.82) is 0 Å². The van der Waals surface area contributed by atoms with Crippen molar-refractivity contribution in [1.82, 2.24) is 34.9 Å². The summed E-state index contributed by atoms with van der Waals surface area (Å²) in [6.45, 7) is 6.72. The van der Waals surface area contributed by atoms with E-state index in [1.54, 1.807) is 11.0 Å². The summed E-state index contributed by atoms with van der Waals surface area (Å²) in [7, 11) is 0. The van der Waals surface area contributed by atoms with Gasteiger partial charge < -0.3 is 15.1 Å². The van der Waals surface area contributed by atoms with Crippen molar-refractivity contribution in [2.45, 2.75) is 19.9 Å². The summed E-state index contributed by atoms with van der Waals surface area (Å²) in [5.41, 5.74) is 0. The Morgan fingerprint density at radius 3 is 2.52 bits per heavy atom. The molecule has 1 aliphatic heterocycles. The molecule has 2 aromatic rings. The van der Waals surface area contributed by atoms with E-state index in [0.717, 1.165) is 18.9 Å². The smallest absolute Gasteiger partial charge is 0.317 e. The largest absolute Gasteiger partial charge is 0.353 e. The number of aromatic nitrogens is 5. The molecule has 9 nitrogen and oxygen atoms in total. The number of nitrogens with zero attached hydrogens (tertiary/aromatic N) is 7. The molecule has 0 bridgehead atoms. The van der Waals surface area contributed by atoms with E-state index in [9.17, 15) is 4.79 Å². The van der Waals surface area contributed by atoms with Gasteiger partial charge in [0.25, 0.3) is 0 Å². The van der Waals surface area contributed by atoms with Crippen molar-refractivity contribution in [3.05, 3.63) is 25.0 Å². The van der Waals surface area contributed by atoms with Crippen LogP contribution in [0.1, 0.15) is 13.8 Å². The number of piperazine rings is 1. The topological polar surface area (TPSA) is 92.1 Å². The fourth-order valence-corrected chi connectivity index (χ4v) is 2.44. The second kappa shape index (κ2) is 6.59. The monoisotopic (exact) mass is 316 g/mol. The van der Waals surface area contributed by atoms with E-state index in [1.807, 2.05) is 24.8 Å². The van der Waals surface area contributed by atoms with Gasteiger partial charge in [-0.15, -0.1) is 0 Å². The molecule has 0 saturated carbocycles. The van der Waals surface area contributed by atoms with Crippen LogP contribution in [-0.4, -0.2) is 67.9 Å². The highest BCUT2D eigenvalue weighted by Crippen LogP contribution is 2.15. The van der Waals surface area contributed by atoms with Crippen molar-refractivity contribution in [3.63, 3.8) is 0 Å². The minimum atomic E-state index is -0.00866. The zero-order chi connectivity index (χ0) is 16.2. The van der Waals surface area contributed by atoms with Crippen LogP contribution in [-0.2, 0) is 0 Å². The maximum Gasteiger partial charge on any atom is 0.317 e. The van der Waals surface area contributed by atoms with Crippen LogP contribution >= 0.6 is 0 Å². The van der Waals surface area contributed by atoms with Gasteiger partial charge in [0.2, 0.25) is 0 Å². The molecule has 0 aliphatic carbocycles. The molecule has 0 spiro atoms. The van der Waals surface area contributed by atoms with Crippen molar-refractivity contribution in [2.24, 2.45) is 0 Å². The first kappa shape index (κ1) is 15.2. The highest BCUT2D eigenvalue weighted by Gasteiger charge is 2.22. The molecule has 2 amide bonds. The maximum absolute atomic E-state index is 12.0. The van der Waals surface area contributed by atoms with Gasteiger partial charge in [0, 0.05) is 38.3 Å². The van der Waals surface area contributed by atoms with Crippen LogP contribution in [0.2, 0.25) is 0 Å². The molecule has 1 saturated heterocycles. The Labute approximate surface area is 134 Å². The molecule has 2 aromatic heterocycles. The van der Waals surface area contributed by atoms with Crippen LogP contribution in [0.5, 0.6) is 0 Å². The molecule has 9 heteroatoms. The molecule has 0 aromatic carbocycles. The average Bonchev–Trinajstić information content (AvgIpc) is 3.09. The Kier molecular flexibility index (Phi) is 4.35. The summed E-state index contributed by atoms with van der Waals surface area (Å²) in [4.78, 5) is 28.4. The molecule has 3 rings (SSSR count). The van der Waals surface area contributed by atoms with Crippen LogP contribution < -0.4 is 10.2 Å². The second-order valence-corrected chi connectivity index (χ2v) is 5.65. The molecule has 1 aliphatic rings. The number of anilines is 1. The highest BCUT2D eigenvalue weighted by atomic mass is 16.2. The van der Waals surface area contributed by atoms with E-state index in [2.05, 4.69) is 30.3 Å². The molecule has 3 heterocycles. The SMILES string of the molecule is CC(C)NC(=O)N1CCN(c2cc(-n3cncn3)ncn2)CC1. The lowest BCUT2D eigenvalue weighted by Gasteiger charge is -2.35. The fraction of sp³-hybridized carbons (Fsp3) is 0.500. The van der Waals surface area contributed by atoms with Gasteiger partial charge in [0.05, 0.1) is 0 Å². The van der Waals surface area contributed by atoms with Crippen LogP contribution in [0.15, 0.2) is 25.0 Å². The molecule has 1 fully saturated rings. The van der Waals surface area contributed by atoms with Gasteiger partial charge in [-0.2, -0.15) is 5.10 Å². The predicted molar refractivity (Wildman–Crippen MR) is 84.4 cm³/mol. The standard InChI is InChI=1S/C14H20N8O/c1-11(2)19-14(23)21-5-3-20(4-6-21)12-7-13(17-9-16-12)22-10-15-8-18-22/h7-11H,3-6H2,1-2H3,(H,19,23). The van der Waals surface area contributed by atoms with Gasteiger partial charge in [-0.1, -0.05) is 0 Å². The molecule has 23 heavy (non-hydrogen) atoms. The van der Waals surface area contributed by atoms with Gasteiger partial charge in [0.1, 0.15) is 24.8 Å². The molecule has 122 valence electrons. The van der Waals surface area contributed by atoms with Gasteiger partial charge in [-0.05, 0) is 13.8 Å². The number of rotatable bonds is 3. The Morgan fingerprint density at radius 2 is 1.87 bits per heavy atom. The fourth-order valence-electron chi connectivity index (χ4n) is 2.44. The maximum atomic E-state index is 12.0. The second-order valence-electron chi connectivity index (χ2n) is 5.65. The van der Waals surface area contributed by atoms with Crippen molar-refractivity contribution in [3.8, 4) is 5.82 Å². The summed E-state index contributed by atoms with van der Waals surface area (Å²) < 4.78 is 1.59. The van der Waals surface area contributed by atoms with E-state index in [4.69, 9.17) is 0 Å². The summed E-state index contributed by atoms with van der Waals surface area (Å²) in [6.07, 6.45) is 4.58. The molecule has 0 unspecified atom stereocenters. The van der Waals surface area contributed by atoms with Crippen molar-refractivity contribution < 1.29 is 4.79 Å². The summed E-state index contributed by atoms with van der Waals surface area (Å²) in [6, 6.07) is 2.01. The Morgan fingerprint density at radius 1 is 1.13 bits per heavy atom. The summed E-state index contributed by atoms with van der Waals surface area (Å²) >= 11 is 0. The Balaban J connectivity index is 1.64. The number of amides is 2. The minimum absolute atomic E-state index is 0.00866. The first-order valence-electron chi connectivity index (χ1n) is 7.61. The zero-order valence-electron chi connectivity index (χ0n) is 13.3. The van der Waals surface area contributed by atoms with Crippen LogP contribution in [0.3, 0.4) is 0 Å². The van der Waals surface area contributed by atoms with Gasteiger partial charge in [-0.3, -0.25) is 0 Å². The number of hydrogen-bond acceptors (Lipinski definition) is 6. The lowest BCUT2D eigenvalue weighted by Crippen LogP contribution is -2.53. The lowest BCUT2D eigenvalue weighted by molar-refractivity contribution is 0.191. The zero-order valence-corrected chi connectivity index (χ0v) is 13.3. The van der Waals surface area contributed by atoms with Crippen LogP contribution in [0.25, 0.3) is 5.82 Å². The third-order valence-electron chi connectivity index (χ3n) is 3.59. The van der Waals surface area contributed by atoms with E-state index in [-0.39, 0.29) is 12.1 Å². The quantitative estimate of drug-likeness (QED) is 0.875. The minimum Gasteiger partial charge on any atom is -0.353 e. The third kappa shape index (κ3) is 3.55. The van der Waals surface area contributed by atoms with E-state index in [0.29, 0.717) is 18.9 Å². The predicted octanol–water partition coefficient (Wildman–Crippen LogP) is 0.297. The lowest BCUT2D eigenvalue weighted by atomic mass is 10.3. The highest BCUT2D eigenvalue weighted by molar-refractivity contribution is 5.74. The van der Waals surface area contributed by atoms with Gasteiger partial charge in [0.15, 0.2) is 5.82 Å². The van der Waals surface area contributed by atoms with Gasteiger partial charge >= 0.3 is 6.03 Å². The number of carbonyl (C=O) groups excluding carboxylic acids is 1. The first-order valence-corrected chi connectivity index (χ1v) is 7.61. The van der Waals surface area contributed by atoms with E-state index in [1.165, 1.54) is 12.7 Å². The summed E-state index contributed by atoms with van der Waals surface area (Å²) in [5.74, 6) is 1.50. The average molecular weight is 316 g/mol. The molecular formula is C14H20N8O. The number of urea groups is 1. The molecular weight excluding hydrogens is 296 g/mol.